The van der Waals surface area contributed by atoms with E-state index < -0.39 is 21.8 Å². The molecule has 2 heterocycles. The van der Waals surface area contributed by atoms with Crippen LogP contribution in [-0.2, 0) is 14.8 Å². The molecule has 27 heavy (non-hydrogen) atoms. The molecule has 2 fully saturated rings. The Morgan fingerprint density at radius 2 is 1.52 bits per heavy atom. The maximum Gasteiger partial charge on any atom is 0.261 e. The first-order valence-corrected chi connectivity index (χ1v) is 10.7. The maximum absolute atomic E-state index is 12.6. The van der Waals surface area contributed by atoms with Gasteiger partial charge in [0.25, 0.3) is 11.8 Å². The van der Waals surface area contributed by atoms with Crippen LogP contribution in [0.5, 0.6) is 0 Å². The molecule has 0 N–H and O–H groups in total. The highest BCUT2D eigenvalue weighted by molar-refractivity contribution is 7.89. The summed E-state index contributed by atoms with van der Waals surface area (Å²) in [6, 6.07) is 6.49. The van der Waals surface area contributed by atoms with Gasteiger partial charge in [0.05, 0.1) is 16.9 Å². The van der Waals surface area contributed by atoms with Crippen LogP contribution in [0.1, 0.15) is 33.6 Å². The number of hydrogen-bond donors (Lipinski definition) is 0. The Balaban J connectivity index is 1.35. The number of nitrogens with zero attached hydrogens (tertiary/aromatic N) is 3. The van der Waals surface area contributed by atoms with Gasteiger partial charge in [0.15, 0.2) is 0 Å². The minimum absolute atomic E-state index is 0.123. The zero-order valence-electron chi connectivity index (χ0n) is 14.8. The molecular formula is C18H21N3O5S. The highest BCUT2D eigenvalue weighted by atomic mass is 32.2. The van der Waals surface area contributed by atoms with Crippen molar-refractivity contribution < 1.29 is 22.8 Å². The van der Waals surface area contributed by atoms with Gasteiger partial charge in [-0.2, -0.15) is 4.31 Å². The molecule has 1 aliphatic carbocycles. The van der Waals surface area contributed by atoms with Crippen molar-refractivity contribution in [3.63, 3.8) is 0 Å². The molecule has 0 atom stereocenters. The second-order valence-electron chi connectivity index (χ2n) is 7.12. The van der Waals surface area contributed by atoms with E-state index in [1.165, 1.54) is 4.31 Å². The minimum atomic E-state index is -3.61. The molecule has 3 aliphatic rings. The predicted molar refractivity (Wildman–Crippen MR) is 96.5 cm³/mol. The van der Waals surface area contributed by atoms with E-state index in [-0.39, 0.29) is 37.2 Å². The van der Waals surface area contributed by atoms with E-state index in [1.807, 2.05) is 0 Å². The summed E-state index contributed by atoms with van der Waals surface area (Å²) >= 11 is 0. The fraction of sp³-hybridized carbons (Fsp3) is 0.500. The highest BCUT2D eigenvalue weighted by Gasteiger charge is 2.38. The molecule has 0 aromatic heterocycles. The Bertz CT molecular complexity index is 866. The fourth-order valence-electron chi connectivity index (χ4n) is 3.55. The van der Waals surface area contributed by atoms with Crippen molar-refractivity contribution in [1.29, 1.82) is 0 Å². The molecule has 1 saturated carbocycles. The van der Waals surface area contributed by atoms with Crippen molar-refractivity contribution >= 4 is 27.7 Å². The summed E-state index contributed by atoms with van der Waals surface area (Å²) < 4.78 is 26.6. The lowest BCUT2D eigenvalue weighted by atomic mass is 10.1. The largest absolute Gasteiger partial charge is 0.340 e. The van der Waals surface area contributed by atoms with Gasteiger partial charge in [0.1, 0.15) is 0 Å². The highest BCUT2D eigenvalue weighted by Crippen LogP contribution is 2.31. The van der Waals surface area contributed by atoms with E-state index in [0.29, 0.717) is 24.2 Å². The summed E-state index contributed by atoms with van der Waals surface area (Å²) in [6.45, 7) is 1.12. The molecule has 0 bridgehead atoms. The molecule has 4 rings (SSSR count). The molecule has 144 valence electrons. The molecule has 0 unspecified atom stereocenters. The third-order valence-corrected chi connectivity index (χ3v) is 7.17. The van der Waals surface area contributed by atoms with Crippen LogP contribution < -0.4 is 0 Å². The Hall–Kier alpha value is -2.26. The monoisotopic (exact) mass is 391 g/mol. The van der Waals surface area contributed by atoms with Gasteiger partial charge >= 0.3 is 0 Å². The summed E-state index contributed by atoms with van der Waals surface area (Å²) in [5.41, 5.74) is 0.624. The first-order chi connectivity index (χ1) is 12.9. The van der Waals surface area contributed by atoms with Crippen LogP contribution >= 0.6 is 0 Å². The minimum Gasteiger partial charge on any atom is -0.340 e. The number of sulfonamides is 1. The molecule has 0 spiro atoms. The van der Waals surface area contributed by atoms with E-state index in [9.17, 15) is 22.8 Å². The summed E-state index contributed by atoms with van der Waals surface area (Å²) in [5, 5.41) is 0. The number of carbonyl (C=O) groups is 3. The standard InChI is InChI=1S/C18H21N3O5S/c22-16(13-5-6-13)19-7-9-20(10-8-19)27(25,26)12-11-21-17(23)14-3-1-2-4-15(14)18(21)24/h1-4,13H,5-12H2. The second-order valence-corrected chi connectivity index (χ2v) is 9.21. The van der Waals surface area contributed by atoms with Crippen molar-refractivity contribution in [3.8, 4) is 0 Å². The van der Waals surface area contributed by atoms with Crippen LogP contribution in [0.3, 0.4) is 0 Å². The summed E-state index contributed by atoms with van der Waals surface area (Å²) in [6.07, 6.45) is 1.86. The average molecular weight is 391 g/mol. The zero-order chi connectivity index (χ0) is 19.2. The third kappa shape index (κ3) is 3.37. The van der Waals surface area contributed by atoms with Crippen molar-refractivity contribution in [3.05, 3.63) is 35.4 Å². The third-order valence-electron chi connectivity index (χ3n) is 5.32. The number of carbonyl (C=O) groups excluding carboxylic acids is 3. The predicted octanol–water partition coefficient (Wildman–Crippen LogP) is 0.167. The Morgan fingerprint density at radius 3 is 2.04 bits per heavy atom. The van der Waals surface area contributed by atoms with Crippen molar-refractivity contribution in [2.24, 2.45) is 5.92 Å². The SMILES string of the molecule is O=C(C1CC1)N1CCN(S(=O)(=O)CCN2C(=O)c3ccccc3C2=O)CC1. The van der Waals surface area contributed by atoms with Gasteiger partial charge in [-0.1, -0.05) is 12.1 Å². The van der Waals surface area contributed by atoms with E-state index in [1.54, 1.807) is 29.2 Å². The number of rotatable bonds is 5. The smallest absolute Gasteiger partial charge is 0.261 e. The van der Waals surface area contributed by atoms with E-state index >= 15 is 0 Å². The van der Waals surface area contributed by atoms with Gasteiger partial charge in [-0.15, -0.1) is 0 Å². The normalized spacial score (nSPS) is 20.9. The van der Waals surface area contributed by atoms with Crippen molar-refractivity contribution in [2.75, 3.05) is 38.5 Å². The van der Waals surface area contributed by atoms with Crippen LogP contribution in [0.4, 0.5) is 0 Å². The molecule has 3 amide bonds. The molecule has 9 heteroatoms. The van der Waals surface area contributed by atoms with Crippen molar-refractivity contribution in [1.82, 2.24) is 14.1 Å². The van der Waals surface area contributed by atoms with Gasteiger partial charge in [-0.25, -0.2) is 8.42 Å². The molecule has 1 aromatic rings. The number of imide groups is 1. The summed E-state index contributed by atoms with van der Waals surface area (Å²) in [7, 11) is -3.61. The van der Waals surface area contributed by atoms with Gasteiger partial charge in [0, 0.05) is 38.6 Å². The lowest BCUT2D eigenvalue weighted by Gasteiger charge is -2.34. The number of hydrogen-bond acceptors (Lipinski definition) is 5. The lowest BCUT2D eigenvalue weighted by Crippen LogP contribution is -2.52. The van der Waals surface area contributed by atoms with Gasteiger partial charge in [0.2, 0.25) is 15.9 Å². The second kappa shape index (κ2) is 6.72. The van der Waals surface area contributed by atoms with Crippen LogP contribution in [0.2, 0.25) is 0 Å². The Morgan fingerprint density at radius 1 is 0.963 bits per heavy atom. The quantitative estimate of drug-likeness (QED) is 0.667. The molecule has 0 radical (unpaired) electrons. The topological polar surface area (TPSA) is 95.1 Å². The van der Waals surface area contributed by atoms with E-state index in [2.05, 4.69) is 0 Å². The first-order valence-electron chi connectivity index (χ1n) is 9.10. The zero-order valence-corrected chi connectivity index (χ0v) is 15.7. The Kier molecular flexibility index (Phi) is 4.51. The van der Waals surface area contributed by atoms with E-state index in [4.69, 9.17) is 0 Å². The average Bonchev–Trinajstić information content (AvgIpc) is 3.49. The van der Waals surface area contributed by atoms with Crippen LogP contribution in [0.25, 0.3) is 0 Å². The number of piperazine rings is 1. The molecule has 8 nitrogen and oxygen atoms in total. The van der Waals surface area contributed by atoms with Gasteiger partial charge in [-0.05, 0) is 25.0 Å². The number of fused-ring (bicyclic) bond motifs is 1. The Labute approximate surface area is 157 Å². The van der Waals surface area contributed by atoms with Crippen LogP contribution in [-0.4, -0.2) is 78.7 Å². The maximum atomic E-state index is 12.6. The molecule has 1 saturated heterocycles. The van der Waals surface area contributed by atoms with Crippen molar-refractivity contribution in [2.45, 2.75) is 12.8 Å². The summed E-state index contributed by atoms with van der Waals surface area (Å²) in [4.78, 5) is 39.5. The van der Waals surface area contributed by atoms with Gasteiger partial charge in [-0.3, -0.25) is 19.3 Å². The molecular weight excluding hydrogens is 370 g/mol. The molecule has 1 aromatic carbocycles. The fourth-order valence-corrected chi connectivity index (χ4v) is 4.94. The number of benzene rings is 1. The first kappa shape index (κ1) is 18.1. The lowest BCUT2D eigenvalue weighted by molar-refractivity contribution is -0.133. The van der Waals surface area contributed by atoms with Gasteiger partial charge < -0.3 is 4.90 Å². The van der Waals surface area contributed by atoms with Crippen LogP contribution in [0, 0.1) is 5.92 Å². The van der Waals surface area contributed by atoms with Crippen LogP contribution in [0.15, 0.2) is 24.3 Å². The number of amides is 3. The van der Waals surface area contributed by atoms with E-state index in [0.717, 1.165) is 17.7 Å². The summed E-state index contributed by atoms with van der Waals surface area (Å²) in [5.74, 6) is -0.967. The molecule has 2 aliphatic heterocycles.